The van der Waals surface area contributed by atoms with Crippen LogP contribution in [0.5, 0.6) is 11.5 Å². The first-order valence-electron chi connectivity index (χ1n) is 6.77. The molecule has 0 aliphatic carbocycles. The van der Waals surface area contributed by atoms with Gasteiger partial charge in [0, 0.05) is 11.6 Å². The average molecular weight is 312 g/mol. The van der Waals surface area contributed by atoms with Gasteiger partial charge in [-0.15, -0.1) is 0 Å². The SMILES string of the molecule is CCOc1cc(/C=C/C(=O)NC(C)(C)C)cc(Cl)c1OC. The molecule has 1 N–H and O–H groups in total. The number of nitrogens with one attached hydrogen (secondary N) is 1. The minimum atomic E-state index is -0.268. The van der Waals surface area contributed by atoms with Crippen LogP contribution in [0.3, 0.4) is 0 Å². The van der Waals surface area contributed by atoms with Crippen LogP contribution < -0.4 is 14.8 Å². The molecular formula is C16H22ClNO3. The van der Waals surface area contributed by atoms with Crippen molar-refractivity contribution in [1.29, 1.82) is 0 Å². The Hall–Kier alpha value is -1.68. The first kappa shape index (κ1) is 17.4. The second-order valence-electron chi connectivity index (χ2n) is 5.54. The summed E-state index contributed by atoms with van der Waals surface area (Å²) in [6.07, 6.45) is 3.16. The van der Waals surface area contributed by atoms with E-state index in [1.807, 2.05) is 27.7 Å². The summed E-state index contributed by atoms with van der Waals surface area (Å²) in [6.45, 7) is 8.17. The van der Waals surface area contributed by atoms with Gasteiger partial charge in [-0.25, -0.2) is 0 Å². The molecule has 0 bridgehead atoms. The first-order chi connectivity index (χ1) is 9.76. The Labute approximate surface area is 131 Å². The van der Waals surface area contributed by atoms with E-state index >= 15 is 0 Å². The van der Waals surface area contributed by atoms with Crippen LogP contribution in [-0.2, 0) is 4.79 Å². The predicted molar refractivity (Wildman–Crippen MR) is 86.1 cm³/mol. The number of halogens is 1. The molecule has 0 atom stereocenters. The molecule has 0 radical (unpaired) electrons. The van der Waals surface area contributed by atoms with Gasteiger partial charge in [-0.2, -0.15) is 0 Å². The third kappa shape index (κ3) is 5.68. The lowest BCUT2D eigenvalue weighted by atomic mass is 10.1. The Balaban J connectivity index is 2.96. The summed E-state index contributed by atoms with van der Waals surface area (Å²) in [5.74, 6) is 0.894. The van der Waals surface area contributed by atoms with Gasteiger partial charge in [0.15, 0.2) is 11.5 Å². The smallest absolute Gasteiger partial charge is 0.244 e. The van der Waals surface area contributed by atoms with Crippen LogP contribution in [0.4, 0.5) is 0 Å². The zero-order valence-electron chi connectivity index (χ0n) is 13.1. The van der Waals surface area contributed by atoms with E-state index in [4.69, 9.17) is 21.1 Å². The Morgan fingerprint density at radius 3 is 2.57 bits per heavy atom. The number of hydrogen-bond acceptors (Lipinski definition) is 3. The number of carbonyl (C=O) groups is 1. The van der Waals surface area contributed by atoms with Crippen LogP contribution >= 0.6 is 11.6 Å². The van der Waals surface area contributed by atoms with Crippen LogP contribution in [0.2, 0.25) is 5.02 Å². The van der Waals surface area contributed by atoms with E-state index in [0.717, 1.165) is 5.56 Å². The molecule has 0 aliphatic rings. The fourth-order valence-corrected chi connectivity index (χ4v) is 2.02. The van der Waals surface area contributed by atoms with Crippen molar-refractivity contribution < 1.29 is 14.3 Å². The largest absolute Gasteiger partial charge is 0.491 e. The van der Waals surface area contributed by atoms with Crippen molar-refractivity contribution in [3.8, 4) is 11.5 Å². The number of amides is 1. The van der Waals surface area contributed by atoms with Crippen molar-refractivity contribution in [2.75, 3.05) is 13.7 Å². The Bertz CT molecular complexity index is 533. The number of hydrogen-bond donors (Lipinski definition) is 1. The monoisotopic (exact) mass is 311 g/mol. The summed E-state index contributed by atoms with van der Waals surface area (Å²) in [6, 6.07) is 3.51. The number of methoxy groups -OCH3 is 1. The first-order valence-corrected chi connectivity index (χ1v) is 7.15. The molecule has 0 fully saturated rings. The van der Waals surface area contributed by atoms with Crippen LogP contribution in [0.25, 0.3) is 6.08 Å². The van der Waals surface area contributed by atoms with Crippen LogP contribution in [0.15, 0.2) is 18.2 Å². The predicted octanol–water partition coefficient (Wildman–Crippen LogP) is 3.68. The number of rotatable bonds is 5. The fraction of sp³-hybridized carbons (Fsp3) is 0.438. The quantitative estimate of drug-likeness (QED) is 0.844. The summed E-state index contributed by atoms with van der Waals surface area (Å²) in [7, 11) is 1.54. The van der Waals surface area contributed by atoms with Crippen LogP contribution in [0, 0.1) is 0 Å². The highest BCUT2D eigenvalue weighted by Crippen LogP contribution is 2.36. The maximum absolute atomic E-state index is 11.8. The molecule has 0 heterocycles. The second kappa shape index (κ2) is 7.36. The highest BCUT2D eigenvalue weighted by Gasteiger charge is 2.12. The zero-order chi connectivity index (χ0) is 16.0. The van der Waals surface area contributed by atoms with E-state index < -0.39 is 0 Å². The number of ether oxygens (including phenoxy) is 2. The van der Waals surface area contributed by atoms with Crippen LogP contribution in [-0.4, -0.2) is 25.2 Å². The van der Waals surface area contributed by atoms with Crippen molar-refractivity contribution in [3.63, 3.8) is 0 Å². The van der Waals surface area contributed by atoms with Crippen molar-refractivity contribution in [3.05, 3.63) is 28.8 Å². The maximum atomic E-state index is 11.8. The van der Waals surface area contributed by atoms with E-state index in [-0.39, 0.29) is 11.4 Å². The Morgan fingerprint density at radius 1 is 1.38 bits per heavy atom. The maximum Gasteiger partial charge on any atom is 0.244 e. The van der Waals surface area contributed by atoms with Gasteiger partial charge in [-0.1, -0.05) is 11.6 Å². The fourth-order valence-electron chi connectivity index (χ4n) is 1.73. The van der Waals surface area contributed by atoms with Crippen molar-refractivity contribution in [1.82, 2.24) is 5.32 Å². The summed E-state index contributed by atoms with van der Waals surface area (Å²) >= 11 is 6.15. The minimum Gasteiger partial charge on any atom is -0.491 e. The summed E-state index contributed by atoms with van der Waals surface area (Å²) in [5, 5.41) is 3.30. The molecule has 0 aliphatic heterocycles. The summed E-state index contributed by atoms with van der Waals surface area (Å²) in [5.41, 5.74) is 0.503. The molecule has 4 nitrogen and oxygen atoms in total. The van der Waals surface area contributed by atoms with Gasteiger partial charge in [-0.3, -0.25) is 4.79 Å². The molecule has 5 heteroatoms. The lowest BCUT2D eigenvalue weighted by molar-refractivity contribution is -0.117. The number of carbonyl (C=O) groups excluding carboxylic acids is 1. The molecular weight excluding hydrogens is 290 g/mol. The van der Waals surface area contributed by atoms with Gasteiger partial charge < -0.3 is 14.8 Å². The molecule has 0 saturated carbocycles. The molecule has 0 aromatic heterocycles. The van der Waals surface area contributed by atoms with Gasteiger partial charge >= 0.3 is 0 Å². The molecule has 1 aromatic rings. The van der Waals surface area contributed by atoms with E-state index in [2.05, 4.69) is 5.32 Å². The van der Waals surface area contributed by atoms with Gasteiger partial charge in [0.1, 0.15) is 0 Å². The van der Waals surface area contributed by atoms with Gasteiger partial charge in [0.25, 0.3) is 0 Å². The normalized spacial score (nSPS) is 11.5. The van der Waals surface area contributed by atoms with Crippen molar-refractivity contribution in [2.24, 2.45) is 0 Å². The van der Waals surface area contributed by atoms with E-state index in [0.29, 0.717) is 23.1 Å². The second-order valence-corrected chi connectivity index (χ2v) is 5.95. The third-order valence-electron chi connectivity index (χ3n) is 2.46. The van der Waals surface area contributed by atoms with E-state index in [1.54, 1.807) is 18.2 Å². The average Bonchev–Trinajstić information content (AvgIpc) is 2.34. The summed E-state index contributed by atoms with van der Waals surface area (Å²) < 4.78 is 10.7. The molecule has 1 amide bonds. The molecule has 116 valence electrons. The lowest BCUT2D eigenvalue weighted by Gasteiger charge is -2.19. The zero-order valence-corrected chi connectivity index (χ0v) is 13.9. The molecule has 0 unspecified atom stereocenters. The molecule has 0 spiro atoms. The third-order valence-corrected chi connectivity index (χ3v) is 2.74. The van der Waals surface area contributed by atoms with Crippen molar-refractivity contribution in [2.45, 2.75) is 33.2 Å². The van der Waals surface area contributed by atoms with Gasteiger partial charge in [-0.05, 0) is 51.5 Å². The van der Waals surface area contributed by atoms with Crippen molar-refractivity contribution >= 4 is 23.6 Å². The summed E-state index contributed by atoms with van der Waals surface area (Å²) in [4.78, 5) is 11.8. The minimum absolute atomic E-state index is 0.160. The lowest BCUT2D eigenvalue weighted by Crippen LogP contribution is -2.39. The van der Waals surface area contributed by atoms with E-state index in [1.165, 1.54) is 13.2 Å². The van der Waals surface area contributed by atoms with E-state index in [9.17, 15) is 4.79 Å². The number of benzene rings is 1. The highest BCUT2D eigenvalue weighted by atomic mass is 35.5. The van der Waals surface area contributed by atoms with Crippen LogP contribution in [0.1, 0.15) is 33.3 Å². The molecule has 1 rings (SSSR count). The van der Waals surface area contributed by atoms with Gasteiger partial charge in [0.05, 0.1) is 18.7 Å². The Morgan fingerprint density at radius 2 is 2.05 bits per heavy atom. The molecule has 21 heavy (non-hydrogen) atoms. The Kier molecular flexibility index (Phi) is 6.09. The topological polar surface area (TPSA) is 47.6 Å². The van der Waals surface area contributed by atoms with Gasteiger partial charge in [0.2, 0.25) is 5.91 Å². The highest BCUT2D eigenvalue weighted by molar-refractivity contribution is 6.32. The molecule has 0 saturated heterocycles. The standard InChI is InChI=1S/C16H22ClNO3/c1-6-21-13-10-11(9-12(17)15(13)20-5)7-8-14(19)18-16(2,3)4/h7-10H,6H2,1-5H3,(H,18,19)/b8-7+. The molecule has 1 aromatic carbocycles.